The first-order chi connectivity index (χ1) is 9.13. The molecule has 1 saturated heterocycles. The maximum absolute atomic E-state index is 5.60. The molecule has 0 radical (unpaired) electrons. The smallest absolute Gasteiger partial charge is 0.226 e. The Bertz CT molecular complexity index is 404. The van der Waals surface area contributed by atoms with E-state index in [4.69, 9.17) is 9.47 Å². The molecule has 19 heavy (non-hydrogen) atoms. The van der Waals surface area contributed by atoms with Crippen molar-refractivity contribution in [3.05, 3.63) is 11.8 Å². The molecule has 0 bridgehead atoms. The lowest BCUT2D eigenvalue weighted by Crippen LogP contribution is -2.13. The molecule has 1 aromatic rings. The highest BCUT2D eigenvalue weighted by molar-refractivity contribution is 5.30. The summed E-state index contributed by atoms with van der Waals surface area (Å²) in [7, 11) is 0. The normalized spacial score (nSPS) is 18.8. The number of nitrogens with zero attached hydrogens (tertiary/aromatic N) is 2. The summed E-state index contributed by atoms with van der Waals surface area (Å²) in [4.78, 5) is 8.73. The van der Waals surface area contributed by atoms with Gasteiger partial charge in [0.1, 0.15) is 0 Å². The van der Waals surface area contributed by atoms with Gasteiger partial charge in [-0.05, 0) is 39.5 Å². The predicted octanol–water partition coefficient (Wildman–Crippen LogP) is 2.41. The zero-order valence-corrected chi connectivity index (χ0v) is 12.0. The molecular formula is C14H23N3O2. The summed E-state index contributed by atoms with van der Waals surface area (Å²) in [5, 5.41) is 3.27. The zero-order valence-electron chi connectivity index (χ0n) is 12.0. The Morgan fingerprint density at radius 1 is 1.47 bits per heavy atom. The van der Waals surface area contributed by atoms with Crippen LogP contribution in [0.25, 0.3) is 0 Å². The van der Waals surface area contributed by atoms with Crippen LogP contribution in [0.15, 0.2) is 6.07 Å². The van der Waals surface area contributed by atoms with E-state index in [0.717, 1.165) is 38.3 Å². The predicted molar refractivity (Wildman–Crippen MR) is 74.6 cm³/mol. The lowest BCUT2D eigenvalue weighted by molar-refractivity contribution is 0.185. The van der Waals surface area contributed by atoms with Crippen LogP contribution in [0.2, 0.25) is 0 Å². The minimum Gasteiger partial charge on any atom is -0.475 e. The van der Waals surface area contributed by atoms with Gasteiger partial charge >= 0.3 is 0 Å². The van der Waals surface area contributed by atoms with Crippen molar-refractivity contribution >= 4 is 5.95 Å². The third-order valence-corrected chi connectivity index (χ3v) is 3.05. The van der Waals surface area contributed by atoms with Crippen molar-refractivity contribution in [3.8, 4) is 5.88 Å². The van der Waals surface area contributed by atoms with Gasteiger partial charge in [0.05, 0.1) is 6.10 Å². The van der Waals surface area contributed by atoms with Gasteiger partial charge < -0.3 is 14.8 Å². The quantitative estimate of drug-likeness (QED) is 0.856. The number of hydrogen-bond acceptors (Lipinski definition) is 5. The Morgan fingerprint density at radius 2 is 2.32 bits per heavy atom. The van der Waals surface area contributed by atoms with E-state index in [1.165, 1.54) is 0 Å². The molecule has 1 fully saturated rings. The van der Waals surface area contributed by atoms with Crippen molar-refractivity contribution in [1.29, 1.82) is 0 Å². The van der Waals surface area contributed by atoms with Gasteiger partial charge in [-0.3, -0.25) is 0 Å². The molecule has 2 rings (SSSR count). The molecule has 1 unspecified atom stereocenters. The fourth-order valence-corrected chi connectivity index (χ4v) is 2.12. The van der Waals surface area contributed by atoms with Crippen LogP contribution in [0.5, 0.6) is 5.88 Å². The maximum Gasteiger partial charge on any atom is 0.226 e. The number of ether oxygens (including phenoxy) is 2. The molecule has 5 heteroatoms. The van der Waals surface area contributed by atoms with Gasteiger partial charge in [-0.1, -0.05) is 0 Å². The second-order valence-corrected chi connectivity index (χ2v) is 5.28. The van der Waals surface area contributed by atoms with Gasteiger partial charge in [0.15, 0.2) is 0 Å². The van der Waals surface area contributed by atoms with E-state index < -0.39 is 0 Å². The summed E-state index contributed by atoms with van der Waals surface area (Å²) in [6, 6.07) is 1.86. The lowest BCUT2D eigenvalue weighted by Gasteiger charge is -2.12. The number of aryl methyl sites for hydroxylation is 1. The first-order valence-electron chi connectivity index (χ1n) is 6.97. The molecule has 0 amide bonds. The van der Waals surface area contributed by atoms with Gasteiger partial charge in [0, 0.05) is 31.5 Å². The van der Waals surface area contributed by atoms with Crippen LogP contribution in [0.1, 0.15) is 32.4 Å². The molecule has 1 aliphatic rings. The minimum absolute atomic E-state index is 0.123. The molecular weight excluding hydrogens is 242 g/mol. The molecule has 2 heterocycles. The Balaban J connectivity index is 1.86. The molecule has 0 spiro atoms. The van der Waals surface area contributed by atoms with Crippen LogP contribution in [0.4, 0.5) is 5.95 Å². The SMILES string of the molecule is Cc1cc(OC(C)C)nc(NCCC2CCOC2)n1. The van der Waals surface area contributed by atoms with Crippen LogP contribution in [-0.4, -0.2) is 35.8 Å². The highest BCUT2D eigenvalue weighted by Crippen LogP contribution is 2.17. The van der Waals surface area contributed by atoms with Crippen molar-refractivity contribution in [2.24, 2.45) is 5.92 Å². The molecule has 0 aliphatic carbocycles. The Morgan fingerprint density at radius 3 is 3.00 bits per heavy atom. The van der Waals surface area contributed by atoms with E-state index in [9.17, 15) is 0 Å². The third kappa shape index (κ3) is 4.67. The number of anilines is 1. The van der Waals surface area contributed by atoms with E-state index in [1.54, 1.807) is 0 Å². The molecule has 0 saturated carbocycles. The van der Waals surface area contributed by atoms with Gasteiger partial charge in [0.2, 0.25) is 11.8 Å². The van der Waals surface area contributed by atoms with Crippen LogP contribution in [0.3, 0.4) is 0 Å². The Hall–Kier alpha value is -1.36. The van der Waals surface area contributed by atoms with E-state index in [1.807, 2.05) is 26.8 Å². The van der Waals surface area contributed by atoms with E-state index in [-0.39, 0.29) is 6.10 Å². The van der Waals surface area contributed by atoms with E-state index in [0.29, 0.717) is 17.7 Å². The highest BCUT2D eigenvalue weighted by Gasteiger charge is 2.15. The molecule has 5 nitrogen and oxygen atoms in total. The summed E-state index contributed by atoms with van der Waals surface area (Å²) < 4.78 is 11.0. The van der Waals surface area contributed by atoms with Crippen LogP contribution < -0.4 is 10.1 Å². The third-order valence-electron chi connectivity index (χ3n) is 3.05. The molecule has 1 N–H and O–H groups in total. The fourth-order valence-electron chi connectivity index (χ4n) is 2.12. The van der Waals surface area contributed by atoms with Crippen LogP contribution in [-0.2, 0) is 4.74 Å². The lowest BCUT2D eigenvalue weighted by atomic mass is 10.1. The largest absolute Gasteiger partial charge is 0.475 e. The number of aromatic nitrogens is 2. The average Bonchev–Trinajstić information content (AvgIpc) is 2.80. The van der Waals surface area contributed by atoms with Crippen molar-refractivity contribution in [2.75, 3.05) is 25.1 Å². The summed E-state index contributed by atoms with van der Waals surface area (Å²) in [6.07, 6.45) is 2.38. The monoisotopic (exact) mass is 265 g/mol. The van der Waals surface area contributed by atoms with Crippen molar-refractivity contribution in [3.63, 3.8) is 0 Å². The number of nitrogens with one attached hydrogen (secondary N) is 1. The molecule has 106 valence electrons. The maximum atomic E-state index is 5.60. The highest BCUT2D eigenvalue weighted by atomic mass is 16.5. The summed E-state index contributed by atoms with van der Waals surface area (Å²) >= 11 is 0. The summed E-state index contributed by atoms with van der Waals surface area (Å²) in [5.74, 6) is 1.95. The fraction of sp³-hybridized carbons (Fsp3) is 0.714. The first-order valence-corrected chi connectivity index (χ1v) is 6.97. The van der Waals surface area contributed by atoms with Gasteiger partial charge in [-0.25, -0.2) is 4.98 Å². The number of rotatable bonds is 6. The Labute approximate surface area is 114 Å². The van der Waals surface area contributed by atoms with Gasteiger partial charge in [-0.15, -0.1) is 0 Å². The summed E-state index contributed by atoms with van der Waals surface area (Å²) in [5.41, 5.74) is 0.914. The van der Waals surface area contributed by atoms with E-state index in [2.05, 4.69) is 15.3 Å². The topological polar surface area (TPSA) is 56.3 Å². The molecule has 0 aromatic carbocycles. The van der Waals surface area contributed by atoms with E-state index >= 15 is 0 Å². The van der Waals surface area contributed by atoms with Gasteiger partial charge in [-0.2, -0.15) is 4.98 Å². The standard InChI is InChI=1S/C14H23N3O2/c1-10(2)19-13-8-11(3)16-14(17-13)15-6-4-12-5-7-18-9-12/h8,10,12H,4-7,9H2,1-3H3,(H,15,16,17). The molecule has 1 aliphatic heterocycles. The minimum atomic E-state index is 0.123. The Kier molecular flexibility index (Phi) is 4.96. The molecule has 1 aromatic heterocycles. The second kappa shape index (κ2) is 6.70. The van der Waals surface area contributed by atoms with Crippen LogP contribution in [0, 0.1) is 12.8 Å². The molecule has 1 atom stereocenters. The first kappa shape index (κ1) is 14.1. The summed E-state index contributed by atoms with van der Waals surface area (Å²) in [6.45, 7) is 8.59. The van der Waals surface area contributed by atoms with Gasteiger partial charge in [0.25, 0.3) is 0 Å². The second-order valence-electron chi connectivity index (χ2n) is 5.28. The van der Waals surface area contributed by atoms with Crippen molar-refractivity contribution in [2.45, 2.75) is 39.7 Å². The van der Waals surface area contributed by atoms with Crippen molar-refractivity contribution in [1.82, 2.24) is 9.97 Å². The number of hydrogen-bond donors (Lipinski definition) is 1. The zero-order chi connectivity index (χ0) is 13.7. The van der Waals surface area contributed by atoms with Crippen molar-refractivity contribution < 1.29 is 9.47 Å². The average molecular weight is 265 g/mol. The van der Waals surface area contributed by atoms with Crippen LogP contribution >= 0.6 is 0 Å².